The van der Waals surface area contributed by atoms with Crippen molar-refractivity contribution in [2.75, 3.05) is 33.9 Å². The van der Waals surface area contributed by atoms with Crippen LogP contribution < -0.4 is 5.73 Å². The highest BCUT2D eigenvalue weighted by Gasteiger charge is 2.20. The van der Waals surface area contributed by atoms with Gasteiger partial charge in [-0.25, -0.2) is 0 Å². The molecule has 0 aromatic rings. The number of hydrogen-bond acceptors (Lipinski definition) is 5. The number of rotatable bonds is 5. The molecule has 1 fully saturated rings. The average molecular weight is 216 g/mol. The van der Waals surface area contributed by atoms with Crippen LogP contribution in [0.4, 0.5) is 0 Å². The van der Waals surface area contributed by atoms with Crippen molar-refractivity contribution in [3.63, 3.8) is 0 Å². The van der Waals surface area contributed by atoms with Crippen LogP contribution in [0.5, 0.6) is 0 Å². The van der Waals surface area contributed by atoms with Crippen LogP contribution in [0.3, 0.4) is 0 Å². The zero-order chi connectivity index (χ0) is 11.3. The number of carbonyl (C=O) groups excluding carboxylic acids is 1. The summed E-state index contributed by atoms with van der Waals surface area (Å²) >= 11 is 0. The van der Waals surface area contributed by atoms with Crippen LogP contribution in [0.2, 0.25) is 0 Å². The Hall–Kier alpha value is -0.650. The third-order valence-corrected chi connectivity index (χ3v) is 2.55. The third-order valence-electron chi connectivity index (χ3n) is 2.55. The molecule has 1 saturated heterocycles. The van der Waals surface area contributed by atoms with E-state index in [1.807, 2.05) is 11.9 Å². The molecule has 0 spiro atoms. The van der Waals surface area contributed by atoms with E-state index in [0.29, 0.717) is 12.6 Å². The van der Waals surface area contributed by atoms with Crippen LogP contribution in [-0.4, -0.2) is 56.9 Å². The first-order valence-electron chi connectivity index (χ1n) is 5.27. The van der Waals surface area contributed by atoms with Gasteiger partial charge in [-0.15, -0.1) is 0 Å². The second kappa shape index (κ2) is 6.05. The van der Waals surface area contributed by atoms with Gasteiger partial charge in [-0.1, -0.05) is 0 Å². The van der Waals surface area contributed by atoms with Crippen molar-refractivity contribution in [1.29, 1.82) is 0 Å². The Bertz CT molecular complexity index is 205. The summed E-state index contributed by atoms with van der Waals surface area (Å²) in [5.74, 6) is -0.366. The molecule has 1 heterocycles. The molecule has 0 aliphatic carbocycles. The predicted molar refractivity (Wildman–Crippen MR) is 56.5 cm³/mol. The highest BCUT2D eigenvalue weighted by Crippen LogP contribution is 2.12. The van der Waals surface area contributed by atoms with Crippen LogP contribution >= 0.6 is 0 Å². The Balaban J connectivity index is 2.22. The molecule has 1 aliphatic heterocycles. The van der Waals surface area contributed by atoms with Gasteiger partial charge in [-0.3, -0.25) is 4.79 Å². The lowest BCUT2D eigenvalue weighted by Crippen LogP contribution is -2.43. The first-order chi connectivity index (χ1) is 7.13. The quantitative estimate of drug-likeness (QED) is 0.633. The smallest absolute Gasteiger partial charge is 0.323 e. The van der Waals surface area contributed by atoms with Crippen LogP contribution in [-0.2, 0) is 14.3 Å². The summed E-state index contributed by atoms with van der Waals surface area (Å²) in [7, 11) is 3.28. The summed E-state index contributed by atoms with van der Waals surface area (Å²) in [6.07, 6.45) is 2.51. The van der Waals surface area contributed by atoms with Crippen molar-refractivity contribution in [3.05, 3.63) is 0 Å². The van der Waals surface area contributed by atoms with E-state index in [-0.39, 0.29) is 5.97 Å². The molecule has 88 valence electrons. The molecule has 15 heavy (non-hydrogen) atoms. The molecule has 0 aromatic heterocycles. The molecule has 2 atom stereocenters. The third kappa shape index (κ3) is 4.15. The van der Waals surface area contributed by atoms with Gasteiger partial charge < -0.3 is 20.1 Å². The van der Waals surface area contributed by atoms with E-state index >= 15 is 0 Å². The number of carbonyl (C=O) groups is 1. The Labute approximate surface area is 90.5 Å². The number of likely N-dealkylation sites (N-methyl/N-ethyl adjacent to an activating group) is 1. The van der Waals surface area contributed by atoms with E-state index in [2.05, 4.69) is 4.74 Å². The maximum absolute atomic E-state index is 11.1. The van der Waals surface area contributed by atoms with Gasteiger partial charge in [0.05, 0.1) is 13.2 Å². The zero-order valence-corrected chi connectivity index (χ0v) is 9.44. The van der Waals surface area contributed by atoms with Gasteiger partial charge in [-0.2, -0.15) is 0 Å². The summed E-state index contributed by atoms with van der Waals surface area (Å²) in [5, 5.41) is 0. The fraction of sp³-hybridized carbons (Fsp3) is 0.900. The molecular formula is C10H20N2O3. The number of hydrogen-bond donors (Lipinski definition) is 1. The molecule has 0 aromatic carbocycles. The minimum absolute atomic E-state index is 0.292. The Morgan fingerprint density at radius 1 is 1.73 bits per heavy atom. The van der Waals surface area contributed by atoms with Gasteiger partial charge in [0.1, 0.15) is 6.04 Å². The largest absolute Gasteiger partial charge is 0.468 e. The second-order valence-corrected chi connectivity index (χ2v) is 3.99. The Morgan fingerprint density at radius 2 is 2.47 bits per heavy atom. The van der Waals surface area contributed by atoms with E-state index in [1.54, 1.807) is 0 Å². The minimum Gasteiger partial charge on any atom is -0.468 e. The maximum Gasteiger partial charge on any atom is 0.323 e. The zero-order valence-electron chi connectivity index (χ0n) is 9.44. The molecule has 1 aliphatic rings. The first kappa shape index (κ1) is 12.4. The van der Waals surface area contributed by atoms with Gasteiger partial charge in [0.2, 0.25) is 0 Å². The highest BCUT2D eigenvalue weighted by atomic mass is 16.5. The topological polar surface area (TPSA) is 64.8 Å². The van der Waals surface area contributed by atoms with Crippen LogP contribution in [0, 0.1) is 0 Å². The van der Waals surface area contributed by atoms with E-state index in [1.165, 1.54) is 7.11 Å². The summed E-state index contributed by atoms with van der Waals surface area (Å²) in [6.45, 7) is 2.18. The normalized spacial score (nSPS) is 23.1. The highest BCUT2D eigenvalue weighted by molar-refractivity contribution is 5.75. The molecule has 0 radical (unpaired) electrons. The van der Waals surface area contributed by atoms with Gasteiger partial charge in [0, 0.05) is 19.7 Å². The van der Waals surface area contributed by atoms with E-state index in [9.17, 15) is 4.79 Å². The number of ether oxygens (including phenoxy) is 2. The molecule has 1 rings (SSSR count). The first-order valence-corrected chi connectivity index (χ1v) is 5.27. The number of nitrogens with two attached hydrogens (primary N) is 1. The van der Waals surface area contributed by atoms with Crippen molar-refractivity contribution in [3.8, 4) is 0 Å². The van der Waals surface area contributed by atoms with Gasteiger partial charge in [0.15, 0.2) is 0 Å². The van der Waals surface area contributed by atoms with E-state index < -0.39 is 6.04 Å². The summed E-state index contributed by atoms with van der Waals surface area (Å²) < 4.78 is 10.1. The monoisotopic (exact) mass is 216 g/mol. The molecule has 2 N–H and O–H groups in total. The van der Waals surface area contributed by atoms with Crippen molar-refractivity contribution >= 4 is 5.97 Å². The maximum atomic E-state index is 11.1. The lowest BCUT2D eigenvalue weighted by Gasteiger charge is -2.22. The van der Waals surface area contributed by atoms with Crippen LogP contribution in [0.25, 0.3) is 0 Å². The number of esters is 1. The van der Waals surface area contributed by atoms with Crippen molar-refractivity contribution in [2.45, 2.75) is 25.0 Å². The van der Waals surface area contributed by atoms with Crippen molar-refractivity contribution in [2.24, 2.45) is 5.73 Å². The van der Waals surface area contributed by atoms with Gasteiger partial charge in [-0.05, 0) is 19.9 Å². The second-order valence-electron chi connectivity index (χ2n) is 3.99. The Kier molecular flexibility index (Phi) is 5.01. The van der Waals surface area contributed by atoms with Crippen LogP contribution in [0.15, 0.2) is 0 Å². The standard InChI is InChI=1S/C10H20N2O3/c1-12(6-8-4-3-5-15-8)7-9(11)10(13)14-2/h8-9H,3-7,11H2,1-2H3. The van der Waals surface area contributed by atoms with Crippen molar-refractivity contribution in [1.82, 2.24) is 4.90 Å². The summed E-state index contributed by atoms with van der Waals surface area (Å²) in [6, 6.07) is -0.568. The number of nitrogens with zero attached hydrogens (tertiary/aromatic N) is 1. The fourth-order valence-corrected chi connectivity index (χ4v) is 1.77. The van der Waals surface area contributed by atoms with Crippen molar-refractivity contribution < 1.29 is 14.3 Å². The molecule has 0 bridgehead atoms. The average Bonchev–Trinajstić information content (AvgIpc) is 2.68. The Morgan fingerprint density at radius 3 is 3.00 bits per heavy atom. The number of methoxy groups -OCH3 is 1. The molecular weight excluding hydrogens is 196 g/mol. The molecule has 0 amide bonds. The summed E-state index contributed by atoms with van der Waals surface area (Å²) in [4.78, 5) is 13.1. The van der Waals surface area contributed by atoms with Gasteiger partial charge >= 0.3 is 5.97 Å². The van der Waals surface area contributed by atoms with E-state index in [0.717, 1.165) is 26.0 Å². The van der Waals surface area contributed by atoms with Gasteiger partial charge in [0.25, 0.3) is 0 Å². The lowest BCUT2D eigenvalue weighted by atomic mass is 10.2. The van der Waals surface area contributed by atoms with E-state index in [4.69, 9.17) is 10.5 Å². The molecule has 5 nitrogen and oxygen atoms in total. The summed E-state index contributed by atoms with van der Waals surface area (Å²) in [5.41, 5.74) is 5.65. The lowest BCUT2D eigenvalue weighted by molar-refractivity contribution is -0.142. The molecule has 2 unspecified atom stereocenters. The minimum atomic E-state index is -0.568. The molecule has 5 heteroatoms. The molecule has 0 saturated carbocycles. The SMILES string of the molecule is COC(=O)C(N)CN(C)CC1CCCO1. The van der Waals surface area contributed by atoms with Crippen LogP contribution in [0.1, 0.15) is 12.8 Å². The fourth-order valence-electron chi connectivity index (χ4n) is 1.77. The predicted octanol–water partition coefficient (Wildman–Crippen LogP) is -0.402.